The van der Waals surface area contributed by atoms with Gasteiger partial charge < -0.3 is 10.2 Å². The SMILES string of the molecule is CCCC(O)CCCC(C)(CC)CO. The first-order valence-electron chi connectivity index (χ1n) is 5.87. The van der Waals surface area contributed by atoms with Gasteiger partial charge in [0.05, 0.1) is 6.10 Å². The van der Waals surface area contributed by atoms with Crippen molar-refractivity contribution in [2.45, 2.75) is 65.4 Å². The Balaban J connectivity index is 3.61. The minimum absolute atomic E-state index is 0.0614. The van der Waals surface area contributed by atoms with Gasteiger partial charge in [-0.25, -0.2) is 0 Å². The van der Waals surface area contributed by atoms with Crippen molar-refractivity contribution in [2.24, 2.45) is 5.41 Å². The minimum Gasteiger partial charge on any atom is -0.396 e. The van der Waals surface area contributed by atoms with E-state index in [1.165, 1.54) is 0 Å². The molecule has 2 nitrogen and oxygen atoms in total. The fourth-order valence-corrected chi connectivity index (χ4v) is 1.61. The van der Waals surface area contributed by atoms with Crippen molar-refractivity contribution in [1.29, 1.82) is 0 Å². The summed E-state index contributed by atoms with van der Waals surface area (Å²) in [5.41, 5.74) is 0.0614. The van der Waals surface area contributed by atoms with Crippen molar-refractivity contribution in [2.75, 3.05) is 6.61 Å². The number of rotatable bonds is 8. The summed E-state index contributed by atoms with van der Waals surface area (Å²) >= 11 is 0. The van der Waals surface area contributed by atoms with Crippen LogP contribution in [0.5, 0.6) is 0 Å². The lowest BCUT2D eigenvalue weighted by atomic mass is 9.83. The van der Waals surface area contributed by atoms with E-state index in [9.17, 15) is 10.2 Å². The zero-order chi connectivity index (χ0) is 11.0. The summed E-state index contributed by atoms with van der Waals surface area (Å²) in [4.78, 5) is 0. The highest BCUT2D eigenvalue weighted by Gasteiger charge is 2.20. The van der Waals surface area contributed by atoms with E-state index in [2.05, 4.69) is 20.8 Å². The van der Waals surface area contributed by atoms with E-state index in [1.807, 2.05) is 0 Å². The van der Waals surface area contributed by atoms with E-state index in [0.29, 0.717) is 0 Å². The van der Waals surface area contributed by atoms with Crippen LogP contribution in [-0.4, -0.2) is 22.9 Å². The smallest absolute Gasteiger partial charge is 0.0540 e. The third-order valence-electron chi connectivity index (χ3n) is 3.17. The molecule has 0 saturated carbocycles. The summed E-state index contributed by atoms with van der Waals surface area (Å²) in [6, 6.07) is 0. The molecule has 2 unspecified atom stereocenters. The van der Waals surface area contributed by atoms with Crippen LogP contribution in [0, 0.1) is 5.41 Å². The summed E-state index contributed by atoms with van der Waals surface area (Å²) in [5, 5.41) is 18.7. The first-order chi connectivity index (χ1) is 6.58. The maximum Gasteiger partial charge on any atom is 0.0540 e. The van der Waals surface area contributed by atoms with Gasteiger partial charge in [0.25, 0.3) is 0 Å². The second-order valence-corrected chi connectivity index (χ2v) is 4.66. The summed E-state index contributed by atoms with van der Waals surface area (Å²) in [5.74, 6) is 0. The molecular weight excluding hydrogens is 176 g/mol. The highest BCUT2D eigenvalue weighted by molar-refractivity contribution is 4.71. The van der Waals surface area contributed by atoms with Gasteiger partial charge in [0.2, 0.25) is 0 Å². The topological polar surface area (TPSA) is 40.5 Å². The second-order valence-electron chi connectivity index (χ2n) is 4.66. The largest absolute Gasteiger partial charge is 0.396 e. The molecule has 0 fully saturated rings. The fourth-order valence-electron chi connectivity index (χ4n) is 1.61. The van der Waals surface area contributed by atoms with Crippen LogP contribution in [0.3, 0.4) is 0 Å². The Hall–Kier alpha value is -0.0800. The van der Waals surface area contributed by atoms with Crippen molar-refractivity contribution in [3.8, 4) is 0 Å². The third kappa shape index (κ3) is 5.61. The molecule has 2 atom stereocenters. The molecule has 0 rings (SSSR count). The molecule has 0 radical (unpaired) electrons. The highest BCUT2D eigenvalue weighted by atomic mass is 16.3. The zero-order valence-electron chi connectivity index (χ0n) is 9.92. The molecule has 0 amide bonds. The van der Waals surface area contributed by atoms with Gasteiger partial charge in [0, 0.05) is 6.61 Å². The van der Waals surface area contributed by atoms with Crippen LogP contribution in [0.1, 0.15) is 59.3 Å². The Morgan fingerprint density at radius 2 is 1.86 bits per heavy atom. The van der Waals surface area contributed by atoms with Crippen LogP contribution in [0.25, 0.3) is 0 Å². The Morgan fingerprint density at radius 1 is 1.21 bits per heavy atom. The van der Waals surface area contributed by atoms with Gasteiger partial charge in [-0.1, -0.05) is 33.6 Å². The quantitative estimate of drug-likeness (QED) is 0.635. The molecule has 0 heterocycles. The predicted octanol–water partition coefficient (Wildman–Crippen LogP) is 2.73. The molecule has 0 aromatic heterocycles. The van der Waals surface area contributed by atoms with E-state index in [-0.39, 0.29) is 18.1 Å². The van der Waals surface area contributed by atoms with Gasteiger partial charge >= 0.3 is 0 Å². The predicted molar refractivity (Wildman–Crippen MR) is 60.2 cm³/mol. The lowest BCUT2D eigenvalue weighted by Gasteiger charge is -2.25. The van der Waals surface area contributed by atoms with Crippen LogP contribution < -0.4 is 0 Å². The molecule has 0 spiro atoms. The molecule has 2 heteroatoms. The van der Waals surface area contributed by atoms with Crippen LogP contribution in [0.2, 0.25) is 0 Å². The molecule has 0 bridgehead atoms. The van der Waals surface area contributed by atoms with Gasteiger partial charge in [-0.2, -0.15) is 0 Å². The molecule has 14 heavy (non-hydrogen) atoms. The minimum atomic E-state index is -0.139. The third-order valence-corrected chi connectivity index (χ3v) is 3.17. The lowest BCUT2D eigenvalue weighted by Crippen LogP contribution is -2.20. The Morgan fingerprint density at radius 3 is 2.29 bits per heavy atom. The van der Waals surface area contributed by atoms with Gasteiger partial charge in [-0.05, 0) is 31.1 Å². The molecular formula is C12H26O2. The summed E-state index contributed by atoms with van der Waals surface area (Å²) in [6.45, 7) is 6.57. The molecule has 2 N–H and O–H groups in total. The van der Waals surface area contributed by atoms with Crippen molar-refractivity contribution in [3.05, 3.63) is 0 Å². The zero-order valence-corrected chi connectivity index (χ0v) is 9.92. The molecule has 0 aliphatic heterocycles. The summed E-state index contributed by atoms with van der Waals surface area (Å²) in [6.07, 6.45) is 5.73. The summed E-state index contributed by atoms with van der Waals surface area (Å²) in [7, 11) is 0. The van der Waals surface area contributed by atoms with Gasteiger partial charge in [0.1, 0.15) is 0 Å². The maximum atomic E-state index is 9.53. The van der Waals surface area contributed by atoms with Gasteiger partial charge in [0.15, 0.2) is 0 Å². The Bertz CT molecular complexity index is 130. The molecule has 86 valence electrons. The molecule has 0 aliphatic rings. The standard InChI is InChI=1S/C12H26O2/c1-4-7-11(14)8-6-9-12(3,5-2)10-13/h11,13-14H,4-10H2,1-3H3. The number of hydrogen-bond acceptors (Lipinski definition) is 2. The van der Waals surface area contributed by atoms with E-state index < -0.39 is 0 Å². The van der Waals surface area contributed by atoms with Gasteiger partial charge in [-0.3, -0.25) is 0 Å². The average Bonchev–Trinajstić information content (AvgIpc) is 2.18. The fraction of sp³-hybridized carbons (Fsp3) is 1.00. The van der Waals surface area contributed by atoms with Crippen molar-refractivity contribution in [3.63, 3.8) is 0 Å². The monoisotopic (exact) mass is 202 g/mol. The van der Waals surface area contributed by atoms with E-state index in [4.69, 9.17) is 0 Å². The van der Waals surface area contributed by atoms with Crippen LogP contribution in [0.15, 0.2) is 0 Å². The number of aliphatic hydroxyl groups excluding tert-OH is 2. The van der Waals surface area contributed by atoms with Crippen LogP contribution in [0.4, 0.5) is 0 Å². The molecule has 0 aromatic carbocycles. The van der Waals surface area contributed by atoms with Crippen LogP contribution >= 0.6 is 0 Å². The van der Waals surface area contributed by atoms with E-state index >= 15 is 0 Å². The van der Waals surface area contributed by atoms with E-state index in [1.54, 1.807) is 0 Å². The van der Waals surface area contributed by atoms with Gasteiger partial charge in [-0.15, -0.1) is 0 Å². The van der Waals surface area contributed by atoms with Crippen molar-refractivity contribution < 1.29 is 10.2 Å². The number of aliphatic hydroxyl groups is 2. The van der Waals surface area contributed by atoms with Crippen molar-refractivity contribution >= 4 is 0 Å². The lowest BCUT2D eigenvalue weighted by molar-refractivity contribution is 0.108. The van der Waals surface area contributed by atoms with E-state index in [0.717, 1.165) is 38.5 Å². The van der Waals surface area contributed by atoms with Crippen molar-refractivity contribution in [1.82, 2.24) is 0 Å². The Kier molecular flexibility index (Phi) is 7.20. The first-order valence-corrected chi connectivity index (χ1v) is 5.87. The highest BCUT2D eigenvalue weighted by Crippen LogP contribution is 2.27. The maximum absolute atomic E-state index is 9.53. The number of hydrogen-bond donors (Lipinski definition) is 2. The molecule has 0 aromatic rings. The molecule has 0 aliphatic carbocycles. The average molecular weight is 202 g/mol. The second kappa shape index (κ2) is 7.24. The first kappa shape index (κ1) is 13.9. The van der Waals surface area contributed by atoms with Crippen LogP contribution in [-0.2, 0) is 0 Å². The molecule has 0 saturated heterocycles. The summed E-state index contributed by atoms with van der Waals surface area (Å²) < 4.78 is 0. The Labute approximate surface area is 88.3 Å². The normalized spacial score (nSPS) is 17.8.